The van der Waals surface area contributed by atoms with Crippen LogP contribution in [-0.2, 0) is 11.3 Å². The Bertz CT molecular complexity index is 591. The van der Waals surface area contributed by atoms with E-state index in [1.807, 2.05) is 6.92 Å². The minimum Gasteiger partial charge on any atom is -0.339 e. The molecule has 2 fully saturated rings. The van der Waals surface area contributed by atoms with Gasteiger partial charge in [0.05, 0.1) is 18.3 Å². The smallest absolute Gasteiger partial charge is 0.239 e. The van der Waals surface area contributed by atoms with E-state index in [0.29, 0.717) is 11.9 Å². The third kappa shape index (κ3) is 4.06. The molecule has 0 aliphatic carbocycles. The highest BCUT2D eigenvalue weighted by Gasteiger charge is 2.35. The van der Waals surface area contributed by atoms with Crippen LogP contribution in [0, 0.1) is 13.8 Å². The molecule has 0 N–H and O–H groups in total. The molecule has 3 rings (SSSR count). The third-order valence-electron chi connectivity index (χ3n) is 5.90. The number of hydrogen-bond acceptors (Lipinski definition) is 4. The largest absolute Gasteiger partial charge is 0.339 e. The number of likely N-dealkylation sites (tertiary alicyclic amines) is 1. The minimum atomic E-state index is -0.0300. The molecule has 2 saturated heterocycles. The molecule has 3 heterocycles. The third-order valence-corrected chi connectivity index (χ3v) is 5.90. The van der Waals surface area contributed by atoms with Crippen LogP contribution in [0.3, 0.4) is 0 Å². The highest BCUT2D eigenvalue weighted by atomic mass is 16.2. The lowest BCUT2D eigenvalue weighted by atomic mass is 10.1. The van der Waals surface area contributed by atoms with Gasteiger partial charge < -0.3 is 9.80 Å². The van der Waals surface area contributed by atoms with Crippen LogP contribution in [0.15, 0.2) is 6.07 Å². The SMILES string of the molecule is CCN1CCN(C(=O)[C@@H](C)N2CCC[C@H]2Cn2nc(C)cc2C)CC1. The Labute approximate surface area is 151 Å². The van der Waals surface area contributed by atoms with Gasteiger partial charge in [0.15, 0.2) is 0 Å². The van der Waals surface area contributed by atoms with Crippen molar-refractivity contribution in [1.29, 1.82) is 0 Å². The molecule has 140 valence electrons. The lowest BCUT2D eigenvalue weighted by molar-refractivity contribution is -0.138. The molecule has 25 heavy (non-hydrogen) atoms. The number of nitrogens with zero attached hydrogens (tertiary/aromatic N) is 5. The molecule has 1 aromatic heterocycles. The second-order valence-electron chi connectivity index (χ2n) is 7.58. The summed E-state index contributed by atoms with van der Waals surface area (Å²) in [5, 5.41) is 4.61. The second kappa shape index (κ2) is 7.87. The number of hydrogen-bond donors (Lipinski definition) is 0. The number of aromatic nitrogens is 2. The van der Waals surface area contributed by atoms with Crippen LogP contribution in [0.25, 0.3) is 0 Å². The summed E-state index contributed by atoms with van der Waals surface area (Å²) in [6.07, 6.45) is 2.32. The highest BCUT2D eigenvalue weighted by Crippen LogP contribution is 2.23. The van der Waals surface area contributed by atoms with Gasteiger partial charge in [0.25, 0.3) is 0 Å². The van der Waals surface area contributed by atoms with Crippen LogP contribution in [0.5, 0.6) is 0 Å². The first-order valence-electron chi connectivity index (χ1n) is 9.77. The van der Waals surface area contributed by atoms with E-state index in [2.05, 4.69) is 51.3 Å². The Kier molecular flexibility index (Phi) is 5.79. The highest BCUT2D eigenvalue weighted by molar-refractivity contribution is 5.81. The zero-order chi connectivity index (χ0) is 18.0. The zero-order valence-corrected chi connectivity index (χ0v) is 16.2. The van der Waals surface area contributed by atoms with Crippen LogP contribution < -0.4 is 0 Å². The Balaban J connectivity index is 1.61. The van der Waals surface area contributed by atoms with Crippen LogP contribution >= 0.6 is 0 Å². The van der Waals surface area contributed by atoms with Crippen LogP contribution in [0.1, 0.15) is 38.1 Å². The van der Waals surface area contributed by atoms with Crippen molar-refractivity contribution in [1.82, 2.24) is 24.5 Å². The van der Waals surface area contributed by atoms with E-state index in [1.165, 1.54) is 12.1 Å². The van der Waals surface area contributed by atoms with Gasteiger partial charge in [-0.1, -0.05) is 6.92 Å². The van der Waals surface area contributed by atoms with Crippen LogP contribution in [0.2, 0.25) is 0 Å². The van der Waals surface area contributed by atoms with Gasteiger partial charge in [0, 0.05) is 37.9 Å². The summed E-state index contributed by atoms with van der Waals surface area (Å²) < 4.78 is 2.11. The topological polar surface area (TPSA) is 44.6 Å². The lowest BCUT2D eigenvalue weighted by Crippen LogP contribution is -2.55. The Morgan fingerprint density at radius 2 is 1.96 bits per heavy atom. The fraction of sp³-hybridized carbons (Fsp3) is 0.789. The maximum Gasteiger partial charge on any atom is 0.239 e. The van der Waals surface area contributed by atoms with E-state index in [0.717, 1.165) is 57.9 Å². The summed E-state index contributed by atoms with van der Waals surface area (Å²) in [6, 6.07) is 2.51. The van der Waals surface area contributed by atoms with Gasteiger partial charge in [0.2, 0.25) is 5.91 Å². The van der Waals surface area contributed by atoms with Crippen molar-refractivity contribution in [3.8, 4) is 0 Å². The number of carbonyl (C=O) groups is 1. The Morgan fingerprint density at radius 3 is 2.56 bits per heavy atom. The standard InChI is InChI=1S/C19H33N5O/c1-5-21-9-11-22(12-10-21)19(25)17(4)23-8-6-7-18(23)14-24-16(3)13-15(2)20-24/h13,17-18H,5-12,14H2,1-4H3/t17-,18+/m1/s1. The average molecular weight is 348 g/mol. The van der Waals surface area contributed by atoms with Crippen molar-refractivity contribution in [3.05, 3.63) is 17.5 Å². The van der Waals surface area contributed by atoms with Gasteiger partial charge in [-0.15, -0.1) is 0 Å². The molecule has 0 spiro atoms. The maximum atomic E-state index is 13.0. The van der Waals surface area contributed by atoms with Gasteiger partial charge in [0.1, 0.15) is 0 Å². The van der Waals surface area contributed by atoms with Crippen molar-refractivity contribution in [3.63, 3.8) is 0 Å². The van der Waals surface area contributed by atoms with Gasteiger partial charge in [-0.25, -0.2) is 0 Å². The van der Waals surface area contributed by atoms with Gasteiger partial charge in [-0.05, 0) is 52.8 Å². The summed E-state index contributed by atoms with van der Waals surface area (Å²) >= 11 is 0. The fourth-order valence-electron chi connectivity index (χ4n) is 4.31. The Morgan fingerprint density at radius 1 is 1.24 bits per heavy atom. The molecule has 1 amide bonds. The molecular formula is C19H33N5O. The fourth-order valence-corrected chi connectivity index (χ4v) is 4.31. The van der Waals surface area contributed by atoms with Gasteiger partial charge in [-0.3, -0.25) is 14.4 Å². The number of piperazine rings is 1. The first-order valence-corrected chi connectivity index (χ1v) is 9.77. The molecule has 0 saturated carbocycles. The molecule has 0 bridgehead atoms. The van der Waals surface area contributed by atoms with Crippen molar-refractivity contribution >= 4 is 5.91 Å². The predicted molar refractivity (Wildman–Crippen MR) is 99.6 cm³/mol. The average Bonchev–Trinajstić information content (AvgIpc) is 3.20. The van der Waals surface area contributed by atoms with Crippen molar-refractivity contribution < 1.29 is 4.79 Å². The lowest BCUT2D eigenvalue weighted by Gasteiger charge is -2.38. The molecule has 2 aliphatic rings. The number of aryl methyl sites for hydroxylation is 2. The van der Waals surface area contributed by atoms with E-state index in [9.17, 15) is 4.79 Å². The summed E-state index contributed by atoms with van der Waals surface area (Å²) in [5.74, 6) is 0.302. The summed E-state index contributed by atoms with van der Waals surface area (Å²) in [7, 11) is 0. The summed E-state index contributed by atoms with van der Waals surface area (Å²) in [4.78, 5) is 19.9. The van der Waals surface area contributed by atoms with Crippen LogP contribution in [0.4, 0.5) is 0 Å². The minimum absolute atomic E-state index is 0.0300. The molecule has 2 aliphatic heterocycles. The summed E-state index contributed by atoms with van der Waals surface area (Å²) in [6.45, 7) is 15.2. The van der Waals surface area contributed by atoms with Crippen molar-refractivity contribution in [2.24, 2.45) is 0 Å². The van der Waals surface area contributed by atoms with E-state index in [1.54, 1.807) is 0 Å². The normalized spacial score (nSPS) is 24.0. The van der Waals surface area contributed by atoms with Crippen molar-refractivity contribution in [2.45, 2.75) is 59.2 Å². The second-order valence-corrected chi connectivity index (χ2v) is 7.58. The molecule has 1 aromatic rings. The number of likely N-dealkylation sites (N-methyl/N-ethyl adjacent to an activating group) is 1. The first-order chi connectivity index (χ1) is 12.0. The molecule has 2 atom stereocenters. The predicted octanol–water partition coefficient (Wildman–Crippen LogP) is 1.52. The first kappa shape index (κ1) is 18.4. The number of rotatable bonds is 5. The van der Waals surface area contributed by atoms with E-state index >= 15 is 0 Å². The van der Waals surface area contributed by atoms with E-state index in [4.69, 9.17) is 0 Å². The monoisotopic (exact) mass is 347 g/mol. The van der Waals surface area contributed by atoms with Gasteiger partial charge in [-0.2, -0.15) is 5.10 Å². The molecule has 0 radical (unpaired) electrons. The number of amides is 1. The molecule has 6 heteroatoms. The Hall–Kier alpha value is -1.40. The van der Waals surface area contributed by atoms with Gasteiger partial charge >= 0.3 is 0 Å². The van der Waals surface area contributed by atoms with Crippen molar-refractivity contribution in [2.75, 3.05) is 39.3 Å². The quantitative estimate of drug-likeness (QED) is 0.810. The molecular weight excluding hydrogens is 314 g/mol. The van der Waals surface area contributed by atoms with E-state index < -0.39 is 0 Å². The molecule has 0 unspecified atom stereocenters. The molecule has 6 nitrogen and oxygen atoms in total. The van der Waals surface area contributed by atoms with E-state index in [-0.39, 0.29) is 6.04 Å². The maximum absolute atomic E-state index is 13.0. The summed E-state index contributed by atoms with van der Waals surface area (Å²) in [5.41, 5.74) is 2.28. The number of carbonyl (C=O) groups excluding carboxylic acids is 1. The zero-order valence-electron chi connectivity index (χ0n) is 16.2. The van der Waals surface area contributed by atoms with Crippen LogP contribution in [-0.4, -0.2) is 81.7 Å². The molecule has 0 aromatic carbocycles.